The van der Waals surface area contributed by atoms with Crippen molar-refractivity contribution in [3.8, 4) is 11.4 Å². The molecule has 1 amide bonds. The van der Waals surface area contributed by atoms with Gasteiger partial charge in [0.25, 0.3) is 0 Å². The van der Waals surface area contributed by atoms with Gasteiger partial charge in [0.2, 0.25) is 22.8 Å². The molecule has 2 heterocycles. The molecular weight excluding hydrogens is 370 g/mol. The molecule has 0 aliphatic rings. The Morgan fingerprint density at radius 1 is 1.35 bits per heavy atom. The maximum Gasteiger partial charge on any atom is 0.227 e. The monoisotopic (exact) mass is 387 g/mol. The number of nitrogens with one attached hydrogen (secondary N) is 1. The van der Waals surface area contributed by atoms with Gasteiger partial charge in [0, 0.05) is 24.2 Å². The quantitative estimate of drug-likeness (QED) is 0.357. The van der Waals surface area contributed by atoms with E-state index in [1.165, 1.54) is 23.1 Å². The molecule has 0 fully saturated rings. The van der Waals surface area contributed by atoms with Crippen LogP contribution >= 0.6 is 23.1 Å². The van der Waals surface area contributed by atoms with Crippen molar-refractivity contribution in [3.63, 3.8) is 0 Å². The summed E-state index contributed by atoms with van der Waals surface area (Å²) in [5.41, 5.74) is 2.05. The van der Waals surface area contributed by atoms with Gasteiger partial charge in [-0.3, -0.25) is 4.79 Å². The first-order chi connectivity index (χ1) is 12.6. The fourth-order valence-electron chi connectivity index (χ4n) is 2.03. The van der Waals surface area contributed by atoms with E-state index >= 15 is 0 Å². The van der Waals surface area contributed by atoms with Gasteiger partial charge in [0.1, 0.15) is 0 Å². The molecule has 1 N–H and O–H groups in total. The van der Waals surface area contributed by atoms with Gasteiger partial charge in [-0.25, -0.2) is 0 Å². The fraction of sp³-hybridized carbons (Fsp3) is 0.235. The van der Waals surface area contributed by atoms with Crippen molar-refractivity contribution >= 4 is 34.1 Å². The highest BCUT2D eigenvalue weighted by Gasteiger charge is 2.12. The van der Waals surface area contributed by atoms with E-state index in [0.717, 1.165) is 21.2 Å². The first-order valence-electron chi connectivity index (χ1n) is 7.90. The second-order valence-electron chi connectivity index (χ2n) is 5.40. The van der Waals surface area contributed by atoms with Gasteiger partial charge in [-0.15, -0.1) is 16.8 Å². The van der Waals surface area contributed by atoms with E-state index in [1.54, 1.807) is 6.08 Å². The Labute approximate surface area is 158 Å². The third kappa shape index (κ3) is 4.99. The van der Waals surface area contributed by atoms with Crippen LogP contribution < -0.4 is 5.32 Å². The Bertz CT molecular complexity index is 889. The highest BCUT2D eigenvalue weighted by atomic mass is 32.2. The van der Waals surface area contributed by atoms with Crippen molar-refractivity contribution in [1.29, 1.82) is 0 Å². The van der Waals surface area contributed by atoms with Crippen molar-refractivity contribution in [3.05, 3.63) is 48.4 Å². The Balaban J connectivity index is 1.51. The number of hydrogen-bond acceptors (Lipinski definition) is 8. The third-order valence-corrected chi connectivity index (χ3v) is 5.29. The van der Waals surface area contributed by atoms with Crippen LogP contribution in [0.25, 0.3) is 11.4 Å². The lowest BCUT2D eigenvalue weighted by atomic mass is 10.1. The molecule has 0 radical (unpaired) electrons. The van der Waals surface area contributed by atoms with Gasteiger partial charge in [-0.2, -0.15) is 4.98 Å². The van der Waals surface area contributed by atoms with Crippen LogP contribution in [0, 0.1) is 6.92 Å². The number of aromatic nitrogens is 4. The van der Waals surface area contributed by atoms with Gasteiger partial charge in [-0.05, 0) is 6.92 Å². The molecule has 9 heteroatoms. The smallest absolute Gasteiger partial charge is 0.227 e. The average Bonchev–Trinajstić information content (AvgIpc) is 3.28. The first kappa shape index (κ1) is 18.3. The Morgan fingerprint density at radius 2 is 2.15 bits per heavy atom. The van der Waals surface area contributed by atoms with Crippen LogP contribution in [-0.2, 0) is 11.2 Å². The van der Waals surface area contributed by atoms with Crippen LogP contribution in [0.2, 0.25) is 0 Å². The number of amides is 1. The number of hydrogen-bond donors (Lipinski definition) is 1. The molecule has 0 saturated carbocycles. The van der Waals surface area contributed by atoms with Crippen molar-refractivity contribution in [2.24, 2.45) is 0 Å². The zero-order valence-electron chi connectivity index (χ0n) is 14.1. The lowest BCUT2D eigenvalue weighted by molar-refractivity contribution is -0.116. The van der Waals surface area contributed by atoms with Crippen molar-refractivity contribution in [1.82, 2.24) is 20.3 Å². The molecule has 3 aromatic rings. The highest BCUT2D eigenvalue weighted by molar-refractivity contribution is 8.01. The summed E-state index contributed by atoms with van der Waals surface area (Å²) in [7, 11) is 0. The van der Waals surface area contributed by atoms with Crippen molar-refractivity contribution < 1.29 is 9.32 Å². The molecule has 0 aliphatic heterocycles. The van der Waals surface area contributed by atoms with Crippen LogP contribution in [0.3, 0.4) is 0 Å². The summed E-state index contributed by atoms with van der Waals surface area (Å²) < 4.78 is 6.01. The number of rotatable bonds is 8. The predicted octanol–water partition coefficient (Wildman–Crippen LogP) is 3.75. The molecule has 0 unspecified atom stereocenters. The van der Waals surface area contributed by atoms with Crippen LogP contribution in [0.4, 0.5) is 5.13 Å². The molecule has 0 atom stereocenters. The number of aryl methyl sites for hydroxylation is 2. The average molecular weight is 387 g/mol. The minimum absolute atomic E-state index is 0.170. The molecule has 134 valence electrons. The van der Waals surface area contributed by atoms with Gasteiger partial charge in [-0.1, -0.05) is 64.2 Å². The molecule has 1 aromatic carbocycles. The van der Waals surface area contributed by atoms with Crippen LogP contribution in [0.1, 0.15) is 17.9 Å². The number of nitrogens with zero attached hydrogens (tertiary/aromatic N) is 4. The predicted molar refractivity (Wildman–Crippen MR) is 102 cm³/mol. The van der Waals surface area contributed by atoms with Gasteiger partial charge in [0.15, 0.2) is 4.34 Å². The molecule has 26 heavy (non-hydrogen) atoms. The van der Waals surface area contributed by atoms with Crippen molar-refractivity contribution in [2.45, 2.75) is 24.1 Å². The maximum atomic E-state index is 12.0. The van der Waals surface area contributed by atoms with Crippen molar-refractivity contribution in [2.75, 3.05) is 11.1 Å². The molecule has 0 saturated heterocycles. The Hall–Kier alpha value is -2.52. The van der Waals surface area contributed by atoms with E-state index in [4.69, 9.17) is 4.52 Å². The zero-order valence-corrected chi connectivity index (χ0v) is 15.8. The molecule has 3 rings (SSSR count). The standard InChI is InChI=1S/C17H17N5O2S2/c1-3-10-25-17-21-20-16(26-17)18-13(23)8-9-14-19-15(22-24-14)12-6-4-11(2)5-7-12/h3-7H,1,8-10H2,2H3,(H,18,20,23). The molecule has 2 aromatic heterocycles. The lowest BCUT2D eigenvalue weighted by Gasteiger charge is -1.98. The number of carbonyl (C=O) groups excluding carboxylic acids is 1. The summed E-state index contributed by atoms with van der Waals surface area (Å²) in [6, 6.07) is 7.85. The van der Waals surface area contributed by atoms with Gasteiger partial charge < -0.3 is 9.84 Å². The van der Waals surface area contributed by atoms with Gasteiger partial charge >= 0.3 is 0 Å². The summed E-state index contributed by atoms with van der Waals surface area (Å²) >= 11 is 2.86. The van der Waals surface area contributed by atoms with E-state index in [2.05, 4.69) is 32.2 Å². The zero-order chi connectivity index (χ0) is 18.4. The second-order valence-corrected chi connectivity index (χ2v) is 7.64. The SMILES string of the molecule is C=CCSc1nnc(NC(=O)CCc2nc(-c3ccc(C)cc3)no2)s1. The number of anilines is 1. The van der Waals surface area contributed by atoms with E-state index in [9.17, 15) is 4.79 Å². The lowest BCUT2D eigenvalue weighted by Crippen LogP contribution is -2.12. The molecule has 0 bridgehead atoms. The van der Waals surface area contributed by atoms with Crippen LogP contribution in [-0.4, -0.2) is 32.0 Å². The van der Waals surface area contributed by atoms with E-state index in [-0.39, 0.29) is 12.3 Å². The molecular formula is C17H17N5O2S2. The van der Waals surface area contributed by atoms with E-state index < -0.39 is 0 Å². The maximum absolute atomic E-state index is 12.0. The van der Waals surface area contributed by atoms with Gasteiger partial charge in [0.05, 0.1) is 0 Å². The topological polar surface area (TPSA) is 93.8 Å². The minimum Gasteiger partial charge on any atom is -0.339 e. The second kappa shape index (κ2) is 8.72. The number of carbonyl (C=O) groups is 1. The number of thioether (sulfide) groups is 1. The summed E-state index contributed by atoms with van der Waals surface area (Å²) in [6.45, 7) is 5.67. The fourth-order valence-corrected chi connectivity index (χ4v) is 3.56. The molecule has 7 nitrogen and oxygen atoms in total. The summed E-state index contributed by atoms with van der Waals surface area (Å²) in [5.74, 6) is 1.53. The van der Waals surface area contributed by atoms with E-state index in [1.807, 2.05) is 31.2 Å². The van der Waals surface area contributed by atoms with Crippen LogP contribution in [0.15, 0.2) is 45.8 Å². The Kier molecular flexibility index (Phi) is 6.13. The molecule has 0 spiro atoms. The summed E-state index contributed by atoms with van der Waals surface area (Å²) in [4.78, 5) is 16.4. The Morgan fingerprint density at radius 3 is 2.92 bits per heavy atom. The third-order valence-electron chi connectivity index (χ3n) is 3.32. The largest absolute Gasteiger partial charge is 0.339 e. The number of benzene rings is 1. The first-order valence-corrected chi connectivity index (χ1v) is 9.71. The summed E-state index contributed by atoms with van der Waals surface area (Å²) in [6.07, 6.45) is 2.38. The molecule has 0 aliphatic carbocycles. The van der Waals surface area contributed by atoms with Crippen LogP contribution in [0.5, 0.6) is 0 Å². The van der Waals surface area contributed by atoms with E-state index in [0.29, 0.717) is 23.3 Å². The highest BCUT2D eigenvalue weighted by Crippen LogP contribution is 2.25. The normalized spacial score (nSPS) is 10.7. The summed E-state index contributed by atoms with van der Waals surface area (Å²) in [5, 5.41) is 15.1. The minimum atomic E-state index is -0.170.